The third-order valence-corrected chi connectivity index (χ3v) is 7.13. The monoisotopic (exact) mass is 233 g/mol. The molecule has 86 valence electrons. The second kappa shape index (κ2) is 4.83. The lowest BCUT2D eigenvalue weighted by Gasteiger charge is -2.31. The van der Waals surface area contributed by atoms with Gasteiger partial charge in [0.15, 0.2) is 4.90 Å². The van der Waals surface area contributed by atoms with Crippen LogP contribution in [0, 0.1) is 5.92 Å². The molecule has 0 nitrogen and oxygen atoms in total. The van der Waals surface area contributed by atoms with Crippen LogP contribution in [0.5, 0.6) is 0 Å². The van der Waals surface area contributed by atoms with E-state index in [2.05, 4.69) is 30.3 Å². The van der Waals surface area contributed by atoms with Crippen molar-refractivity contribution in [3.8, 4) is 0 Å². The molecule has 4 rings (SSSR count). The second-order valence-electron chi connectivity index (χ2n) is 5.26. The summed E-state index contributed by atoms with van der Waals surface area (Å²) in [6.45, 7) is 0. The van der Waals surface area contributed by atoms with Gasteiger partial charge in [0.1, 0.15) is 11.0 Å². The smallest absolute Gasteiger partial charge is 0.0619 e. The highest BCUT2D eigenvalue weighted by Crippen LogP contribution is 2.38. The number of hydrogen-bond donors (Lipinski definition) is 0. The predicted octanol–water partition coefficient (Wildman–Crippen LogP) is 4.02. The summed E-state index contributed by atoms with van der Waals surface area (Å²) in [4.78, 5) is 1.64. The largest absolute Gasteiger partial charge is 0.155 e. The Balaban J connectivity index is 1.84. The Hall–Kier alpha value is -0.430. The quantitative estimate of drug-likeness (QED) is 0.643. The normalized spacial score (nSPS) is 34.4. The fourth-order valence-electron chi connectivity index (χ4n) is 3.24. The molecule has 2 heterocycles. The van der Waals surface area contributed by atoms with E-state index in [9.17, 15) is 0 Å². The van der Waals surface area contributed by atoms with Crippen molar-refractivity contribution in [2.75, 3.05) is 5.75 Å². The highest BCUT2D eigenvalue weighted by molar-refractivity contribution is 7.97. The molecule has 3 fully saturated rings. The Morgan fingerprint density at radius 1 is 0.875 bits per heavy atom. The molecule has 3 aliphatic rings. The molecule has 2 saturated heterocycles. The maximum absolute atomic E-state index is 2.36. The molecule has 1 aromatic carbocycles. The van der Waals surface area contributed by atoms with Crippen LogP contribution < -0.4 is 0 Å². The van der Waals surface area contributed by atoms with E-state index in [1.54, 1.807) is 4.90 Å². The lowest BCUT2D eigenvalue weighted by Crippen LogP contribution is -2.35. The van der Waals surface area contributed by atoms with Crippen molar-refractivity contribution in [3.05, 3.63) is 30.3 Å². The highest BCUT2D eigenvalue weighted by atomic mass is 32.2. The molecular weight excluding hydrogens is 212 g/mol. The first-order chi connectivity index (χ1) is 7.93. The predicted molar refractivity (Wildman–Crippen MR) is 71.9 cm³/mol. The van der Waals surface area contributed by atoms with Crippen LogP contribution in [0.3, 0.4) is 0 Å². The summed E-state index contributed by atoms with van der Waals surface area (Å²) in [5, 5.41) is 1.01. The molecule has 3 atom stereocenters. The van der Waals surface area contributed by atoms with Crippen LogP contribution in [0.15, 0.2) is 35.2 Å². The van der Waals surface area contributed by atoms with Crippen molar-refractivity contribution in [2.24, 2.45) is 5.92 Å². The fourth-order valence-corrected chi connectivity index (χ4v) is 6.31. The van der Waals surface area contributed by atoms with Crippen molar-refractivity contribution >= 4 is 10.9 Å². The van der Waals surface area contributed by atoms with E-state index in [0.717, 1.165) is 11.2 Å². The number of rotatable bonds is 1. The molecule has 1 aliphatic carbocycles. The summed E-state index contributed by atoms with van der Waals surface area (Å²) in [6.07, 6.45) is 8.99. The summed E-state index contributed by atoms with van der Waals surface area (Å²) in [5.74, 6) is 2.54. The van der Waals surface area contributed by atoms with Gasteiger partial charge in [-0.3, -0.25) is 0 Å². The van der Waals surface area contributed by atoms with Crippen molar-refractivity contribution in [1.82, 2.24) is 0 Å². The van der Waals surface area contributed by atoms with E-state index < -0.39 is 0 Å². The van der Waals surface area contributed by atoms with Crippen LogP contribution in [0.4, 0.5) is 0 Å². The van der Waals surface area contributed by atoms with E-state index in [1.165, 1.54) is 44.3 Å². The van der Waals surface area contributed by atoms with Gasteiger partial charge in [-0.1, -0.05) is 24.6 Å². The molecule has 2 aliphatic heterocycles. The topological polar surface area (TPSA) is 0 Å². The molecule has 2 bridgehead atoms. The van der Waals surface area contributed by atoms with Crippen molar-refractivity contribution < 1.29 is 0 Å². The Kier molecular flexibility index (Phi) is 3.23. The molecule has 1 saturated carbocycles. The Labute approximate surface area is 102 Å². The van der Waals surface area contributed by atoms with E-state index in [-0.39, 0.29) is 0 Å². The van der Waals surface area contributed by atoms with Gasteiger partial charge in [0.05, 0.1) is 0 Å². The molecule has 16 heavy (non-hydrogen) atoms. The maximum Gasteiger partial charge on any atom is 0.155 e. The standard InChI is InChI=1S/C15H21S/c1-2-7-14(8-3-1)16-12-13-6-4-5-9-15(16)11-10-13/h1-3,7-8,13,15H,4-6,9-12H2/q+1. The second-order valence-corrected chi connectivity index (χ2v) is 7.59. The molecule has 0 spiro atoms. The Morgan fingerprint density at radius 2 is 1.69 bits per heavy atom. The third kappa shape index (κ3) is 2.15. The van der Waals surface area contributed by atoms with Gasteiger partial charge in [-0.15, -0.1) is 0 Å². The first-order valence-corrected chi connectivity index (χ1v) is 8.14. The van der Waals surface area contributed by atoms with Gasteiger partial charge in [0.2, 0.25) is 0 Å². The zero-order valence-electron chi connectivity index (χ0n) is 9.90. The van der Waals surface area contributed by atoms with Gasteiger partial charge < -0.3 is 0 Å². The van der Waals surface area contributed by atoms with Crippen molar-refractivity contribution in [2.45, 2.75) is 48.7 Å². The minimum absolute atomic E-state index is 0.575. The number of benzene rings is 1. The van der Waals surface area contributed by atoms with Crippen LogP contribution in [-0.2, 0) is 10.9 Å². The first kappa shape index (κ1) is 10.7. The molecule has 1 aromatic rings. The summed E-state index contributed by atoms with van der Waals surface area (Å²) >= 11 is 0. The van der Waals surface area contributed by atoms with Gasteiger partial charge >= 0.3 is 0 Å². The molecule has 0 aromatic heterocycles. The zero-order chi connectivity index (χ0) is 10.8. The lowest BCUT2D eigenvalue weighted by atomic mass is 9.92. The van der Waals surface area contributed by atoms with Gasteiger partial charge in [0.25, 0.3) is 0 Å². The van der Waals surface area contributed by atoms with Crippen LogP contribution in [0.25, 0.3) is 0 Å². The molecule has 3 unspecified atom stereocenters. The molecule has 0 radical (unpaired) electrons. The van der Waals surface area contributed by atoms with E-state index >= 15 is 0 Å². The minimum atomic E-state index is 0.575. The summed E-state index contributed by atoms with van der Waals surface area (Å²) in [6, 6.07) is 11.3. The Bertz CT molecular complexity index is 329. The fraction of sp³-hybridized carbons (Fsp3) is 0.600. The average molecular weight is 233 g/mol. The number of hydrogen-bond acceptors (Lipinski definition) is 0. The third-order valence-electron chi connectivity index (χ3n) is 4.15. The van der Waals surface area contributed by atoms with Gasteiger partial charge in [0, 0.05) is 16.8 Å². The van der Waals surface area contributed by atoms with Gasteiger partial charge in [-0.05, 0) is 44.2 Å². The van der Waals surface area contributed by atoms with E-state index in [4.69, 9.17) is 0 Å². The number of fused-ring (bicyclic) bond motifs is 5. The van der Waals surface area contributed by atoms with Crippen LogP contribution in [0.2, 0.25) is 0 Å². The maximum atomic E-state index is 2.36. The lowest BCUT2D eigenvalue weighted by molar-refractivity contribution is 0.394. The minimum Gasteiger partial charge on any atom is -0.0619 e. The summed E-state index contributed by atoms with van der Waals surface area (Å²) in [5.41, 5.74) is 0. The van der Waals surface area contributed by atoms with E-state index in [1.807, 2.05) is 0 Å². The SMILES string of the molecule is c1ccc([S+]2CC3CCCCC2CC3)cc1. The summed E-state index contributed by atoms with van der Waals surface area (Å²) in [7, 11) is 0.575. The summed E-state index contributed by atoms with van der Waals surface area (Å²) < 4.78 is 0. The highest BCUT2D eigenvalue weighted by Gasteiger charge is 2.40. The first-order valence-electron chi connectivity index (χ1n) is 6.68. The Morgan fingerprint density at radius 3 is 2.56 bits per heavy atom. The molecular formula is C15H21S+. The molecule has 1 heteroatoms. The average Bonchev–Trinajstić information content (AvgIpc) is 2.30. The van der Waals surface area contributed by atoms with Crippen LogP contribution in [-0.4, -0.2) is 11.0 Å². The van der Waals surface area contributed by atoms with E-state index in [0.29, 0.717) is 10.9 Å². The zero-order valence-corrected chi connectivity index (χ0v) is 10.7. The molecule has 0 N–H and O–H groups in total. The van der Waals surface area contributed by atoms with Crippen LogP contribution in [0.1, 0.15) is 38.5 Å². The van der Waals surface area contributed by atoms with Crippen LogP contribution >= 0.6 is 0 Å². The van der Waals surface area contributed by atoms with Gasteiger partial charge in [-0.2, -0.15) is 0 Å². The molecule has 0 amide bonds. The van der Waals surface area contributed by atoms with Crippen molar-refractivity contribution in [1.29, 1.82) is 0 Å². The van der Waals surface area contributed by atoms with Gasteiger partial charge in [-0.25, -0.2) is 0 Å². The van der Waals surface area contributed by atoms with Crippen molar-refractivity contribution in [3.63, 3.8) is 0 Å².